The minimum absolute atomic E-state index is 0.428. The van der Waals surface area contributed by atoms with Crippen LogP contribution in [0.5, 0.6) is 0 Å². The molecule has 1 heterocycles. The third-order valence-electron chi connectivity index (χ3n) is 3.82. The second-order valence-electron chi connectivity index (χ2n) is 5.13. The lowest BCUT2D eigenvalue weighted by molar-refractivity contribution is 0.504. The fourth-order valence-electron chi connectivity index (χ4n) is 2.90. The molecule has 19 heavy (non-hydrogen) atoms. The second kappa shape index (κ2) is 5.41. The van der Waals surface area contributed by atoms with Crippen LogP contribution in [0.1, 0.15) is 43.5 Å². The number of aryl methyl sites for hydroxylation is 1. The summed E-state index contributed by atoms with van der Waals surface area (Å²) in [6.45, 7) is 2.16. The second-order valence-corrected chi connectivity index (χ2v) is 6.04. The molecular weight excluding hydrogens is 300 g/mol. The Morgan fingerprint density at radius 3 is 3.21 bits per heavy atom. The Morgan fingerprint density at radius 2 is 2.37 bits per heavy atom. The highest BCUT2D eigenvalue weighted by Crippen LogP contribution is 2.35. The summed E-state index contributed by atoms with van der Waals surface area (Å²) in [5.74, 6) is 0. The first-order valence-corrected chi connectivity index (χ1v) is 7.80. The Morgan fingerprint density at radius 1 is 1.47 bits per heavy atom. The molecule has 0 aliphatic heterocycles. The van der Waals surface area contributed by atoms with Crippen molar-refractivity contribution in [2.45, 2.75) is 38.6 Å². The largest absolute Gasteiger partial charge is 0.383 e. The fourth-order valence-corrected chi connectivity index (χ4v) is 3.26. The first kappa shape index (κ1) is 12.8. The zero-order valence-electron chi connectivity index (χ0n) is 11.2. The van der Waals surface area contributed by atoms with Gasteiger partial charge in [0, 0.05) is 21.1 Å². The quantitative estimate of drug-likeness (QED) is 0.834. The highest BCUT2D eigenvalue weighted by molar-refractivity contribution is 9.10. The van der Waals surface area contributed by atoms with E-state index in [0.717, 1.165) is 10.9 Å². The number of hydrogen-bond donors (Lipinski definition) is 2. The van der Waals surface area contributed by atoms with Crippen LogP contribution in [0.25, 0.3) is 10.9 Å². The van der Waals surface area contributed by atoms with Gasteiger partial charge < -0.3 is 10.3 Å². The standard InChI is InChI=1S/C16H19BrN2/c1-2-3-9-18-15-6-4-5-12-13-10-11(17)7-8-14(13)19-16(12)15/h3,7-10,15,18-19H,2,4-6H2,1H3/b9-3+. The van der Waals surface area contributed by atoms with Gasteiger partial charge in [-0.3, -0.25) is 0 Å². The summed E-state index contributed by atoms with van der Waals surface area (Å²) in [5.41, 5.74) is 4.12. The molecule has 0 fully saturated rings. The van der Waals surface area contributed by atoms with Crippen LogP contribution >= 0.6 is 15.9 Å². The average Bonchev–Trinajstić information content (AvgIpc) is 2.78. The van der Waals surface area contributed by atoms with Crippen molar-refractivity contribution in [2.24, 2.45) is 0 Å². The molecule has 0 spiro atoms. The Kier molecular flexibility index (Phi) is 3.65. The molecule has 0 bridgehead atoms. The summed E-state index contributed by atoms with van der Waals surface area (Å²) in [6.07, 6.45) is 8.99. The molecule has 1 unspecified atom stereocenters. The average molecular weight is 319 g/mol. The van der Waals surface area contributed by atoms with Crippen LogP contribution in [0.2, 0.25) is 0 Å². The number of H-pyrrole nitrogens is 1. The maximum Gasteiger partial charge on any atom is 0.0660 e. The Labute approximate surface area is 122 Å². The first-order chi connectivity index (χ1) is 9.29. The van der Waals surface area contributed by atoms with Crippen molar-refractivity contribution in [3.8, 4) is 0 Å². The van der Waals surface area contributed by atoms with Gasteiger partial charge >= 0.3 is 0 Å². The predicted molar refractivity (Wildman–Crippen MR) is 84.2 cm³/mol. The molecule has 0 radical (unpaired) electrons. The van der Waals surface area contributed by atoms with Gasteiger partial charge in [-0.1, -0.05) is 28.9 Å². The summed E-state index contributed by atoms with van der Waals surface area (Å²) >= 11 is 3.57. The molecule has 0 amide bonds. The molecule has 100 valence electrons. The minimum atomic E-state index is 0.428. The van der Waals surface area contributed by atoms with Gasteiger partial charge in [0.15, 0.2) is 0 Å². The number of rotatable bonds is 3. The number of fused-ring (bicyclic) bond motifs is 3. The minimum Gasteiger partial charge on any atom is -0.383 e. The van der Waals surface area contributed by atoms with Gasteiger partial charge in [0.1, 0.15) is 0 Å². The van der Waals surface area contributed by atoms with E-state index in [1.54, 1.807) is 0 Å². The van der Waals surface area contributed by atoms with E-state index in [9.17, 15) is 0 Å². The Bertz CT molecular complexity index is 612. The first-order valence-electron chi connectivity index (χ1n) is 7.00. The Hall–Kier alpha value is -1.22. The van der Waals surface area contributed by atoms with Crippen LogP contribution in [0.4, 0.5) is 0 Å². The van der Waals surface area contributed by atoms with E-state index in [1.165, 1.54) is 41.4 Å². The van der Waals surface area contributed by atoms with Gasteiger partial charge in [-0.05, 0) is 55.6 Å². The lowest BCUT2D eigenvalue weighted by Gasteiger charge is -2.23. The van der Waals surface area contributed by atoms with Crippen molar-refractivity contribution in [3.05, 3.63) is 46.2 Å². The summed E-state index contributed by atoms with van der Waals surface area (Å²) < 4.78 is 1.16. The number of aromatic amines is 1. The van der Waals surface area contributed by atoms with E-state index in [0.29, 0.717) is 6.04 Å². The van der Waals surface area contributed by atoms with Crippen LogP contribution < -0.4 is 5.32 Å². The van der Waals surface area contributed by atoms with Crippen molar-refractivity contribution in [3.63, 3.8) is 0 Å². The van der Waals surface area contributed by atoms with E-state index in [2.05, 4.69) is 63.6 Å². The van der Waals surface area contributed by atoms with E-state index in [1.807, 2.05) is 0 Å². The lowest BCUT2D eigenvalue weighted by atomic mass is 9.92. The molecule has 2 aromatic rings. The number of allylic oxidation sites excluding steroid dienone is 1. The van der Waals surface area contributed by atoms with Gasteiger partial charge in [0.2, 0.25) is 0 Å². The van der Waals surface area contributed by atoms with Gasteiger partial charge in [-0.15, -0.1) is 0 Å². The zero-order chi connectivity index (χ0) is 13.2. The van der Waals surface area contributed by atoms with Gasteiger partial charge in [-0.2, -0.15) is 0 Å². The molecular formula is C16H19BrN2. The molecule has 0 saturated carbocycles. The maximum absolute atomic E-state index is 3.60. The predicted octanol–water partition coefficient (Wildman–Crippen LogP) is 4.82. The maximum atomic E-state index is 3.60. The monoisotopic (exact) mass is 318 g/mol. The topological polar surface area (TPSA) is 27.8 Å². The van der Waals surface area contributed by atoms with Gasteiger partial charge in [0.25, 0.3) is 0 Å². The SMILES string of the molecule is CC/C=C/NC1CCCc2c1[nH]c1ccc(Br)cc21. The Balaban J connectivity index is 2.00. The van der Waals surface area contributed by atoms with Crippen LogP contribution in [-0.4, -0.2) is 4.98 Å². The van der Waals surface area contributed by atoms with Crippen molar-refractivity contribution in [2.75, 3.05) is 0 Å². The van der Waals surface area contributed by atoms with Crippen LogP contribution in [0, 0.1) is 0 Å². The van der Waals surface area contributed by atoms with Crippen molar-refractivity contribution >= 4 is 26.8 Å². The molecule has 1 aliphatic carbocycles. The smallest absolute Gasteiger partial charge is 0.0660 e. The molecule has 2 N–H and O–H groups in total. The highest BCUT2D eigenvalue weighted by Gasteiger charge is 2.23. The number of nitrogens with one attached hydrogen (secondary N) is 2. The third kappa shape index (κ3) is 2.44. The number of halogens is 1. The number of aromatic nitrogens is 1. The van der Waals surface area contributed by atoms with Gasteiger partial charge in [0.05, 0.1) is 6.04 Å². The molecule has 1 atom stereocenters. The number of benzene rings is 1. The van der Waals surface area contributed by atoms with Crippen molar-refractivity contribution in [1.82, 2.24) is 10.3 Å². The molecule has 1 aromatic heterocycles. The lowest BCUT2D eigenvalue weighted by Crippen LogP contribution is -2.20. The summed E-state index contributed by atoms with van der Waals surface area (Å²) in [7, 11) is 0. The molecule has 0 saturated heterocycles. The van der Waals surface area contributed by atoms with E-state index in [4.69, 9.17) is 0 Å². The van der Waals surface area contributed by atoms with Crippen LogP contribution in [-0.2, 0) is 6.42 Å². The van der Waals surface area contributed by atoms with Gasteiger partial charge in [-0.25, -0.2) is 0 Å². The summed E-state index contributed by atoms with van der Waals surface area (Å²) in [5, 5.41) is 4.90. The van der Waals surface area contributed by atoms with Crippen LogP contribution in [0.15, 0.2) is 34.9 Å². The van der Waals surface area contributed by atoms with E-state index in [-0.39, 0.29) is 0 Å². The van der Waals surface area contributed by atoms with Crippen LogP contribution in [0.3, 0.4) is 0 Å². The van der Waals surface area contributed by atoms with Crippen molar-refractivity contribution < 1.29 is 0 Å². The van der Waals surface area contributed by atoms with E-state index >= 15 is 0 Å². The summed E-state index contributed by atoms with van der Waals surface area (Å²) in [6, 6.07) is 6.92. The third-order valence-corrected chi connectivity index (χ3v) is 4.31. The van der Waals surface area contributed by atoms with E-state index < -0.39 is 0 Å². The molecule has 1 aliphatic rings. The number of hydrogen-bond acceptors (Lipinski definition) is 1. The molecule has 1 aromatic carbocycles. The molecule has 3 rings (SSSR count). The fraction of sp³-hybridized carbons (Fsp3) is 0.375. The summed E-state index contributed by atoms with van der Waals surface area (Å²) in [4.78, 5) is 3.60. The normalized spacial score (nSPS) is 18.9. The zero-order valence-corrected chi connectivity index (χ0v) is 12.8. The highest BCUT2D eigenvalue weighted by atomic mass is 79.9. The molecule has 2 nitrogen and oxygen atoms in total. The molecule has 3 heteroatoms. The van der Waals surface area contributed by atoms with Crippen molar-refractivity contribution in [1.29, 1.82) is 0 Å².